The second-order valence-corrected chi connectivity index (χ2v) is 6.89. The summed E-state index contributed by atoms with van der Waals surface area (Å²) in [6, 6.07) is 1.57. The molecule has 2 heteroatoms. The van der Waals surface area contributed by atoms with Crippen LogP contribution in [0.1, 0.15) is 71.6 Å². The van der Waals surface area contributed by atoms with E-state index in [4.69, 9.17) is 0 Å². The van der Waals surface area contributed by atoms with Crippen LogP contribution in [0.5, 0.6) is 0 Å². The lowest BCUT2D eigenvalue weighted by Crippen LogP contribution is -2.43. The normalized spacial score (nSPS) is 25.1. The van der Waals surface area contributed by atoms with Gasteiger partial charge in [-0.3, -0.25) is 4.90 Å². The molecule has 0 amide bonds. The van der Waals surface area contributed by atoms with Gasteiger partial charge in [0.15, 0.2) is 0 Å². The maximum absolute atomic E-state index is 3.67. The molecule has 0 aromatic carbocycles. The molecule has 19 heavy (non-hydrogen) atoms. The predicted molar refractivity (Wildman–Crippen MR) is 83.5 cm³/mol. The highest BCUT2D eigenvalue weighted by Gasteiger charge is 2.28. The molecular formula is C17H34N2. The van der Waals surface area contributed by atoms with Gasteiger partial charge >= 0.3 is 0 Å². The largest absolute Gasteiger partial charge is 0.313 e. The zero-order valence-corrected chi connectivity index (χ0v) is 13.2. The Labute approximate surface area is 120 Å². The quantitative estimate of drug-likeness (QED) is 0.605. The van der Waals surface area contributed by atoms with Gasteiger partial charge < -0.3 is 5.32 Å². The average Bonchev–Trinajstić information content (AvgIpc) is 3.07. The Morgan fingerprint density at radius 2 is 1.95 bits per heavy atom. The van der Waals surface area contributed by atoms with Crippen LogP contribution in [0, 0.1) is 5.92 Å². The molecule has 2 nitrogen and oxygen atoms in total. The number of nitrogens with one attached hydrogen (secondary N) is 1. The Hall–Kier alpha value is -0.0800. The topological polar surface area (TPSA) is 15.3 Å². The fourth-order valence-electron chi connectivity index (χ4n) is 3.31. The minimum Gasteiger partial charge on any atom is -0.313 e. The van der Waals surface area contributed by atoms with Gasteiger partial charge in [0, 0.05) is 25.2 Å². The fourth-order valence-corrected chi connectivity index (χ4v) is 3.31. The Kier molecular flexibility index (Phi) is 6.66. The number of unbranched alkanes of at least 4 members (excludes halogenated alkanes) is 3. The van der Waals surface area contributed by atoms with E-state index in [0.717, 1.165) is 18.0 Å². The Morgan fingerprint density at radius 1 is 1.11 bits per heavy atom. The van der Waals surface area contributed by atoms with Gasteiger partial charge in [0.1, 0.15) is 0 Å². The van der Waals surface area contributed by atoms with E-state index in [9.17, 15) is 0 Å². The van der Waals surface area contributed by atoms with Crippen molar-refractivity contribution in [1.82, 2.24) is 10.2 Å². The van der Waals surface area contributed by atoms with E-state index >= 15 is 0 Å². The number of hydrogen-bond donors (Lipinski definition) is 1. The summed E-state index contributed by atoms with van der Waals surface area (Å²) in [5.41, 5.74) is 0. The molecule has 1 heterocycles. The van der Waals surface area contributed by atoms with Gasteiger partial charge in [0.25, 0.3) is 0 Å². The van der Waals surface area contributed by atoms with Crippen LogP contribution in [0.3, 0.4) is 0 Å². The molecule has 2 rings (SSSR count). The van der Waals surface area contributed by atoms with Crippen LogP contribution >= 0.6 is 0 Å². The highest BCUT2D eigenvalue weighted by atomic mass is 15.2. The summed E-state index contributed by atoms with van der Waals surface area (Å²) in [6.07, 6.45) is 12.8. The van der Waals surface area contributed by atoms with Crippen molar-refractivity contribution >= 4 is 0 Å². The highest BCUT2D eigenvalue weighted by molar-refractivity contribution is 4.84. The van der Waals surface area contributed by atoms with Crippen molar-refractivity contribution in [3.05, 3.63) is 0 Å². The Bertz CT molecular complexity index is 231. The molecule has 1 N–H and O–H groups in total. The average molecular weight is 266 g/mol. The van der Waals surface area contributed by atoms with Gasteiger partial charge in [0.2, 0.25) is 0 Å². The summed E-state index contributed by atoms with van der Waals surface area (Å²) in [5.74, 6) is 1.03. The van der Waals surface area contributed by atoms with E-state index in [-0.39, 0.29) is 0 Å². The number of hydrogen-bond acceptors (Lipinski definition) is 2. The van der Waals surface area contributed by atoms with Gasteiger partial charge in [-0.05, 0) is 51.5 Å². The zero-order chi connectivity index (χ0) is 13.5. The van der Waals surface area contributed by atoms with Crippen molar-refractivity contribution in [2.45, 2.75) is 83.7 Å². The van der Waals surface area contributed by atoms with Crippen molar-refractivity contribution in [3.63, 3.8) is 0 Å². The molecule has 0 aromatic rings. The van der Waals surface area contributed by atoms with Crippen LogP contribution in [0.2, 0.25) is 0 Å². The monoisotopic (exact) mass is 266 g/mol. The van der Waals surface area contributed by atoms with Crippen LogP contribution in [0.15, 0.2) is 0 Å². The highest BCUT2D eigenvalue weighted by Crippen LogP contribution is 2.31. The van der Waals surface area contributed by atoms with Crippen molar-refractivity contribution in [1.29, 1.82) is 0 Å². The molecule has 1 aliphatic heterocycles. The summed E-state index contributed by atoms with van der Waals surface area (Å²) in [7, 11) is 0. The number of nitrogens with zero attached hydrogens (tertiary/aromatic N) is 1. The molecule has 1 aliphatic carbocycles. The Balaban J connectivity index is 1.70. The summed E-state index contributed by atoms with van der Waals surface area (Å²) in [4.78, 5) is 2.80. The molecule has 2 atom stereocenters. The lowest BCUT2D eigenvalue weighted by atomic mass is 10.1. The van der Waals surface area contributed by atoms with Crippen LogP contribution in [-0.2, 0) is 0 Å². The second kappa shape index (κ2) is 8.26. The molecule has 2 unspecified atom stereocenters. The molecule has 1 saturated heterocycles. The van der Waals surface area contributed by atoms with E-state index in [1.165, 1.54) is 77.4 Å². The summed E-state index contributed by atoms with van der Waals surface area (Å²) < 4.78 is 0. The maximum atomic E-state index is 3.67. The maximum Gasteiger partial charge on any atom is 0.0195 e. The van der Waals surface area contributed by atoms with E-state index < -0.39 is 0 Å². The molecule has 0 spiro atoms. The van der Waals surface area contributed by atoms with E-state index in [0.29, 0.717) is 0 Å². The van der Waals surface area contributed by atoms with Crippen molar-refractivity contribution in [3.8, 4) is 0 Å². The minimum atomic E-state index is 0.775. The lowest BCUT2D eigenvalue weighted by molar-refractivity contribution is 0.172. The molecule has 0 bridgehead atoms. The first-order valence-electron chi connectivity index (χ1n) is 8.77. The first kappa shape index (κ1) is 15.3. The van der Waals surface area contributed by atoms with Gasteiger partial charge in [-0.15, -0.1) is 0 Å². The summed E-state index contributed by atoms with van der Waals surface area (Å²) >= 11 is 0. The molecule has 1 saturated carbocycles. The van der Waals surface area contributed by atoms with E-state index in [2.05, 4.69) is 24.1 Å². The van der Waals surface area contributed by atoms with Crippen molar-refractivity contribution in [2.75, 3.05) is 19.6 Å². The third kappa shape index (κ3) is 5.83. The van der Waals surface area contributed by atoms with Crippen LogP contribution in [0.4, 0.5) is 0 Å². The third-order valence-electron chi connectivity index (χ3n) is 4.91. The third-order valence-corrected chi connectivity index (χ3v) is 4.91. The van der Waals surface area contributed by atoms with Gasteiger partial charge in [-0.2, -0.15) is 0 Å². The second-order valence-electron chi connectivity index (χ2n) is 6.89. The standard InChI is InChI=1S/C17H34N2/c1-3-4-5-6-8-15(2)19(13-16-10-11-16)14-17-9-7-12-18-17/h15-18H,3-14H2,1-2H3. The molecule has 2 aliphatic rings. The minimum absolute atomic E-state index is 0.775. The summed E-state index contributed by atoms with van der Waals surface area (Å²) in [5, 5.41) is 3.67. The zero-order valence-electron chi connectivity index (χ0n) is 13.2. The van der Waals surface area contributed by atoms with Crippen LogP contribution < -0.4 is 5.32 Å². The summed E-state index contributed by atoms with van der Waals surface area (Å²) in [6.45, 7) is 8.67. The fraction of sp³-hybridized carbons (Fsp3) is 1.00. The molecular weight excluding hydrogens is 232 g/mol. The van der Waals surface area contributed by atoms with Gasteiger partial charge in [-0.25, -0.2) is 0 Å². The smallest absolute Gasteiger partial charge is 0.0195 e. The molecule has 2 fully saturated rings. The van der Waals surface area contributed by atoms with Crippen molar-refractivity contribution in [2.24, 2.45) is 5.92 Å². The SMILES string of the molecule is CCCCCCC(C)N(CC1CC1)CC1CCCN1. The van der Waals surface area contributed by atoms with E-state index in [1.807, 2.05) is 0 Å². The predicted octanol–water partition coefficient (Wildman–Crippen LogP) is 3.81. The van der Waals surface area contributed by atoms with Gasteiger partial charge in [-0.1, -0.05) is 32.6 Å². The van der Waals surface area contributed by atoms with Crippen LogP contribution in [-0.4, -0.2) is 36.6 Å². The first-order valence-corrected chi connectivity index (χ1v) is 8.77. The van der Waals surface area contributed by atoms with Gasteiger partial charge in [0.05, 0.1) is 0 Å². The number of rotatable bonds is 10. The molecule has 0 aromatic heterocycles. The Morgan fingerprint density at radius 3 is 2.58 bits per heavy atom. The van der Waals surface area contributed by atoms with Crippen LogP contribution in [0.25, 0.3) is 0 Å². The van der Waals surface area contributed by atoms with E-state index in [1.54, 1.807) is 0 Å². The first-order chi connectivity index (χ1) is 9.29. The molecule has 112 valence electrons. The van der Waals surface area contributed by atoms with Crippen molar-refractivity contribution < 1.29 is 0 Å². The molecule has 0 radical (unpaired) electrons. The lowest BCUT2D eigenvalue weighted by Gasteiger charge is -2.31.